The normalized spacial score (nSPS) is 17.9. The van der Waals surface area contributed by atoms with Crippen molar-refractivity contribution in [2.45, 2.75) is 45.4 Å². The average Bonchev–Trinajstić information content (AvgIpc) is 3.63. The molecule has 3 aliphatic rings. The minimum absolute atomic E-state index is 0.0973. The average molecular weight is 740 g/mol. The lowest BCUT2D eigenvalue weighted by Crippen LogP contribution is -2.57. The van der Waals surface area contributed by atoms with Crippen LogP contribution in [-0.4, -0.2) is 6.71 Å². The lowest BCUT2D eigenvalue weighted by atomic mass is 9.34. The SMILES string of the molecule is CCC1=CC(C)(c2cc3c4c(c2)Oc2c(ccc5c2oc2cc(N(c6ccccc6)c6ccccc6)ccc25)B4c2cc(-c4ccccc4)ccc2O3)CC(C)C1. The van der Waals surface area contributed by atoms with E-state index in [1.165, 1.54) is 16.7 Å². The van der Waals surface area contributed by atoms with Crippen molar-refractivity contribution in [2.75, 3.05) is 4.90 Å². The summed E-state index contributed by atoms with van der Waals surface area (Å²) >= 11 is 0. The lowest BCUT2D eigenvalue weighted by molar-refractivity contribution is 0.377. The van der Waals surface area contributed by atoms with Crippen LogP contribution >= 0.6 is 0 Å². The zero-order valence-electron chi connectivity index (χ0n) is 32.5. The van der Waals surface area contributed by atoms with Crippen LogP contribution in [0.2, 0.25) is 0 Å². The van der Waals surface area contributed by atoms with Crippen LogP contribution < -0.4 is 30.8 Å². The van der Waals surface area contributed by atoms with Crippen molar-refractivity contribution in [1.82, 2.24) is 0 Å². The van der Waals surface area contributed by atoms with Crippen molar-refractivity contribution in [3.63, 3.8) is 0 Å². The lowest BCUT2D eigenvalue weighted by Gasteiger charge is -2.38. The molecule has 3 heterocycles. The van der Waals surface area contributed by atoms with E-state index in [2.05, 4.69) is 183 Å². The predicted molar refractivity (Wildman–Crippen MR) is 236 cm³/mol. The number of anilines is 3. The highest BCUT2D eigenvalue weighted by Crippen LogP contribution is 2.47. The number of rotatable bonds is 6. The van der Waals surface area contributed by atoms with Crippen molar-refractivity contribution in [3.8, 4) is 34.1 Å². The first-order valence-electron chi connectivity index (χ1n) is 20.3. The van der Waals surface area contributed by atoms with Crippen molar-refractivity contribution < 1.29 is 13.9 Å². The third-order valence-corrected chi connectivity index (χ3v) is 12.5. The highest BCUT2D eigenvalue weighted by atomic mass is 16.5. The van der Waals surface area contributed by atoms with Gasteiger partial charge in [-0.3, -0.25) is 0 Å². The monoisotopic (exact) mass is 739 g/mol. The summed E-state index contributed by atoms with van der Waals surface area (Å²) in [6.45, 7) is 6.94. The van der Waals surface area contributed by atoms with Gasteiger partial charge in [-0.2, -0.15) is 0 Å². The van der Waals surface area contributed by atoms with Crippen LogP contribution in [0.25, 0.3) is 33.1 Å². The van der Waals surface area contributed by atoms with Crippen molar-refractivity contribution in [3.05, 3.63) is 169 Å². The van der Waals surface area contributed by atoms with E-state index in [0.717, 1.165) is 103 Å². The Hall–Kier alpha value is -6.46. The zero-order valence-corrected chi connectivity index (χ0v) is 32.5. The summed E-state index contributed by atoms with van der Waals surface area (Å²) in [5.41, 5.74) is 13.0. The highest BCUT2D eigenvalue weighted by Gasteiger charge is 2.43. The fourth-order valence-corrected chi connectivity index (χ4v) is 9.92. The van der Waals surface area contributed by atoms with E-state index in [0.29, 0.717) is 5.92 Å². The third kappa shape index (κ3) is 5.51. The van der Waals surface area contributed by atoms with Gasteiger partial charge in [0.05, 0.1) is 0 Å². The molecule has 276 valence electrons. The molecule has 7 aromatic carbocycles. The number of ether oxygens (including phenoxy) is 2. The molecular formula is C52H42BNO3. The van der Waals surface area contributed by atoms with Gasteiger partial charge in [-0.1, -0.05) is 123 Å². The maximum Gasteiger partial charge on any atom is 0.260 e. The van der Waals surface area contributed by atoms with Crippen LogP contribution in [-0.2, 0) is 5.41 Å². The van der Waals surface area contributed by atoms with Gasteiger partial charge in [0.1, 0.15) is 22.8 Å². The molecule has 8 aromatic rings. The summed E-state index contributed by atoms with van der Waals surface area (Å²) in [7, 11) is 0. The first-order valence-corrected chi connectivity index (χ1v) is 20.3. The van der Waals surface area contributed by atoms with Crippen LogP contribution in [0, 0.1) is 5.92 Å². The molecule has 0 amide bonds. The molecule has 5 heteroatoms. The number of hydrogen-bond acceptors (Lipinski definition) is 4. The Bertz CT molecular complexity index is 2840. The van der Waals surface area contributed by atoms with Gasteiger partial charge in [-0.25, -0.2) is 0 Å². The first kappa shape index (κ1) is 33.8. The fraction of sp³-hybridized carbons (Fsp3) is 0.154. The van der Waals surface area contributed by atoms with E-state index >= 15 is 0 Å². The second kappa shape index (κ2) is 13.1. The van der Waals surface area contributed by atoms with E-state index in [-0.39, 0.29) is 12.1 Å². The second-order valence-electron chi connectivity index (χ2n) is 16.4. The quantitative estimate of drug-likeness (QED) is 0.126. The number of furan rings is 1. The molecule has 4 nitrogen and oxygen atoms in total. The van der Waals surface area contributed by atoms with E-state index < -0.39 is 0 Å². The summed E-state index contributed by atoms with van der Waals surface area (Å²) in [6.07, 6.45) is 5.81. The first-order chi connectivity index (χ1) is 27.9. The van der Waals surface area contributed by atoms with Crippen LogP contribution in [0.15, 0.2) is 168 Å². The predicted octanol–water partition coefficient (Wildman–Crippen LogP) is 12.5. The Kier molecular flexibility index (Phi) is 7.76. The third-order valence-electron chi connectivity index (χ3n) is 12.5. The summed E-state index contributed by atoms with van der Waals surface area (Å²) in [5.74, 6) is 3.97. The van der Waals surface area contributed by atoms with E-state index in [9.17, 15) is 0 Å². The van der Waals surface area contributed by atoms with Gasteiger partial charge < -0.3 is 18.8 Å². The molecule has 57 heavy (non-hydrogen) atoms. The molecule has 0 fully saturated rings. The van der Waals surface area contributed by atoms with Gasteiger partial charge >= 0.3 is 0 Å². The van der Waals surface area contributed by atoms with Gasteiger partial charge in [-0.15, -0.1) is 0 Å². The smallest absolute Gasteiger partial charge is 0.260 e. The Morgan fingerprint density at radius 1 is 0.649 bits per heavy atom. The van der Waals surface area contributed by atoms with E-state index in [4.69, 9.17) is 13.9 Å². The number of para-hydroxylation sites is 2. The number of fused-ring (bicyclic) bond motifs is 8. The molecule has 0 radical (unpaired) electrons. The molecule has 0 N–H and O–H groups in total. The minimum atomic E-state index is -0.139. The molecule has 1 aliphatic carbocycles. The molecular weight excluding hydrogens is 697 g/mol. The molecule has 0 saturated carbocycles. The number of allylic oxidation sites excluding steroid dienone is 2. The summed E-state index contributed by atoms with van der Waals surface area (Å²) in [6, 6.07) is 53.8. The summed E-state index contributed by atoms with van der Waals surface area (Å²) in [5, 5.41) is 2.09. The van der Waals surface area contributed by atoms with Gasteiger partial charge in [0.2, 0.25) is 0 Å². The molecule has 1 aromatic heterocycles. The van der Waals surface area contributed by atoms with Crippen LogP contribution in [0.1, 0.15) is 45.6 Å². The van der Waals surface area contributed by atoms with E-state index in [1.807, 2.05) is 0 Å². The molecule has 0 saturated heterocycles. The van der Waals surface area contributed by atoms with E-state index in [1.54, 1.807) is 0 Å². The maximum atomic E-state index is 7.16. The Balaban J connectivity index is 1.11. The summed E-state index contributed by atoms with van der Waals surface area (Å²) < 4.78 is 21.0. The molecule has 2 atom stereocenters. The molecule has 0 spiro atoms. The van der Waals surface area contributed by atoms with Crippen molar-refractivity contribution in [2.24, 2.45) is 5.92 Å². The Morgan fingerprint density at radius 2 is 1.33 bits per heavy atom. The van der Waals surface area contributed by atoms with Crippen LogP contribution in [0.4, 0.5) is 17.1 Å². The Morgan fingerprint density at radius 3 is 2.05 bits per heavy atom. The highest BCUT2D eigenvalue weighted by molar-refractivity contribution is 6.98. The largest absolute Gasteiger partial charge is 0.458 e. The van der Waals surface area contributed by atoms with Gasteiger partial charge in [0.25, 0.3) is 6.71 Å². The van der Waals surface area contributed by atoms with Crippen molar-refractivity contribution >= 4 is 62.1 Å². The van der Waals surface area contributed by atoms with Gasteiger partial charge in [0.15, 0.2) is 11.3 Å². The second-order valence-corrected chi connectivity index (χ2v) is 16.4. The standard InChI is InChI=1S/C52H42BNO3/c1-4-34-26-33(2)31-52(3,32-34)37-28-47-49-48(29-37)57-51-43(53(49)44-27-36(20-25-45(44)55-47)35-14-8-5-9-15-35)24-23-42-41-22-21-40(30-46(41)56-50(42)51)54(38-16-10-6-11-17-38)39-18-12-7-13-19-39/h5-25,27-30,32-33H,4,26,31H2,1-3H3. The minimum Gasteiger partial charge on any atom is -0.458 e. The van der Waals surface area contributed by atoms with Crippen LogP contribution in [0.3, 0.4) is 0 Å². The molecule has 2 unspecified atom stereocenters. The number of hydrogen-bond donors (Lipinski definition) is 0. The zero-order chi connectivity index (χ0) is 38.3. The molecule has 2 aliphatic heterocycles. The Labute approximate surface area is 334 Å². The van der Waals surface area contributed by atoms with Gasteiger partial charge in [0, 0.05) is 44.8 Å². The molecule has 0 bridgehead atoms. The van der Waals surface area contributed by atoms with Gasteiger partial charge in [-0.05, 0) is 107 Å². The number of benzene rings is 7. The number of nitrogens with zero attached hydrogens (tertiary/aromatic N) is 1. The fourth-order valence-electron chi connectivity index (χ4n) is 9.92. The maximum absolute atomic E-state index is 7.16. The molecule has 11 rings (SSSR count). The summed E-state index contributed by atoms with van der Waals surface area (Å²) in [4.78, 5) is 2.27. The van der Waals surface area contributed by atoms with Crippen molar-refractivity contribution in [1.29, 1.82) is 0 Å². The van der Waals surface area contributed by atoms with Crippen LogP contribution in [0.5, 0.6) is 23.0 Å². The topological polar surface area (TPSA) is 34.8 Å².